The molecule has 0 heterocycles. The average Bonchev–Trinajstić information content (AvgIpc) is 2.25. The Kier molecular flexibility index (Phi) is 4.77. The lowest BCUT2D eigenvalue weighted by molar-refractivity contribution is -0.384. The summed E-state index contributed by atoms with van der Waals surface area (Å²) in [5.74, 6) is 0. The van der Waals surface area contributed by atoms with Gasteiger partial charge in [-0.3, -0.25) is 10.1 Å². The van der Waals surface area contributed by atoms with Crippen molar-refractivity contribution in [3.63, 3.8) is 0 Å². The highest BCUT2D eigenvalue weighted by molar-refractivity contribution is 5.34. The van der Waals surface area contributed by atoms with Crippen LogP contribution >= 0.6 is 0 Å². The number of hydrogen-bond donors (Lipinski definition) is 1. The molecular weight excluding hydrogens is 192 g/mol. The van der Waals surface area contributed by atoms with Crippen molar-refractivity contribution in [2.45, 2.75) is 19.8 Å². The van der Waals surface area contributed by atoms with E-state index in [1.54, 1.807) is 12.1 Å². The molecule has 1 rings (SSSR count). The van der Waals surface area contributed by atoms with Crippen LogP contribution in [0.15, 0.2) is 24.3 Å². The van der Waals surface area contributed by atoms with Crippen molar-refractivity contribution in [3.8, 4) is 0 Å². The Bertz CT molecular complexity index is 326. The lowest BCUT2D eigenvalue weighted by Gasteiger charge is -2.02. The first-order valence-electron chi connectivity index (χ1n) is 5.18. The lowest BCUT2D eigenvalue weighted by Crippen LogP contribution is -2.17. The van der Waals surface area contributed by atoms with Crippen LogP contribution in [0.4, 0.5) is 5.69 Å². The van der Waals surface area contributed by atoms with Crippen molar-refractivity contribution in [1.82, 2.24) is 5.32 Å². The Hall–Kier alpha value is -1.42. The first-order chi connectivity index (χ1) is 7.24. The van der Waals surface area contributed by atoms with Gasteiger partial charge in [-0.25, -0.2) is 0 Å². The molecule has 4 heteroatoms. The van der Waals surface area contributed by atoms with Gasteiger partial charge in [-0.05, 0) is 31.5 Å². The van der Waals surface area contributed by atoms with Gasteiger partial charge in [0.15, 0.2) is 0 Å². The van der Waals surface area contributed by atoms with Crippen LogP contribution in [0.1, 0.15) is 18.9 Å². The van der Waals surface area contributed by atoms with Gasteiger partial charge in [-0.15, -0.1) is 0 Å². The van der Waals surface area contributed by atoms with Crippen LogP contribution in [0.3, 0.4) is 0 Å². The molecule has 0 aliphatic rings. The van der Waals surface area contributed by atoms with Crippen LogP contribution in [0.25, 0.3) is 0 Å². The summed E-state index contributed by atoms with van der Waals surface area (Å²) in [6, 6.07) is 6.80. The zero-order valence-electron chi connectivity index (χ0n) is 8.90. The molecule has 0 aromatic heterocycles. The third-order valence-corrected chi connectivity index (χ3v) is 2.14. The third kappa shape index (κ3) is 4.08. The summed E-state index contributed by atoms with van der Waals surface area (Å²) in [4.78, 5) is 10.2. The lowest BCUT2D eigenvalue weighted by atomic mass is 10.1. The summed E-state index contributed by atoms with van der Waals surface area (Å²) in [5.41, 5.74) is 1.18. The first kappa shape index (κ1) is 11.7. The molecule has 0 fully saturated rings. The molecule has 82 valence electrons. The molecule has 0 atom stereocenters. The molecule has 1 aromatic carbocycles. The van der Waals surface area contributed by atoms with Crippen LogP contribution < -0.4 is 5.32 Å². The molecule has 4 nitrogen and oxygen atoms in total. The molecule has 0 spiro atoms. The van der Waals surface area contributed by atoms with Crippen LogP contribution in [0.2, 0.25) is 0 Å². The van der Waals surface area contributed by atoms with Gasteiger partial charge in [0, 0.05) is 12.1 Å². The first-order valence-corrected chi connectivity index (χ1v) is 5.18. The van der Waals surface area contributed by atoms with E-state index in [0.29, 0.717) is 0 Å². The Morgan fingerprint density at radius 2 is 2.20 bits per heavy atom. The molecule has 15 heavy (non-hydrogen) atoms. The molecular formula is C11H16N2O2. The fourth-order valence-corrected chi connectivity index (χ4v) is 1.36. The third-order valence-electron chi connectivity index (χ3n) is 2.14. The quantitative estimate of drug-likeness (QED) is 0.442. The Balaban J connectivity index is 2.47. The maximum absolute atomic E-state index is 10.5. The highest BCUT2D eigenvalue weighted by Gasteiger charge is 2.04. The minimum Gasteiger partial charge on any atom is -0.316 e. The Labute approximate surface area is 89.5 Å². The molecule has 0 aliphatic heterocycles. The smallest absolute Gasteiger partial charge is 0.269 e. The minimum absolute atomic E-state index is 0.169. The van der Waals surface area contributed by atoms with Gasteiger partial charge in [-0.2, -0.15) is 0 Å². The van der Waals surface area contributed by atoms with Gasteiger partial charge in [0.1, 0.15) is 0 Å². The summed E-state index contributed by atoms with van der Waals surface area (Å²) >= 11 is 0. The van der Waals surface area contributed by atoms with E-state index in [4.69, 9.17) is 0 Å². The van der Waals surface area contributed by atoms with Crippen molar-refractivity contribution in [2.75, 3.05) is 13.1 Å². The van der Waals surface area contributed by atoms with E-state index >= 15 is 0 Å². The standard InChI is InChI=1S/C11H16N2O2/c1-2-7-12-8-6-10-4-3-5-11(9-10)13(14)15/h3-5,9,12H,2,6-8H2,1H3. The van der Waals surface area contributed by atoms with Crippen molar-refractivity contribution >= 4 is 5.69 Å². The van der Waals surface area contributed by atoms with Crippen LogP contribution in [0.5, 0.6) is 0 Å². The zero-order valence-corrected chi connectivity index (χ0v) is 8.90. The molecule has 0 radical (unpaired) electrons. The van der Waals surface area contributed by atoms with Gasteiger partial charge >= 0.3 is 0 Å². The Morgan fingerprint density at radius 1 is 1.40 bits per heavy atom. The zero-order chi connectivity index (χ0) is 11.1. The summed E-state index contributed by atoms with van der Waals surface area (Å²) in [6.07, 6.45) is 1.94. The predicted molar refractivity (Wildman–Crippen MR) is 60.0 cm³/mol. The fourth-order valence-electron chi connectivity index (χ4n) is 1.36. The predicted octanol–water partition coefficient (Wildman–Crippen LogP) is 2.14. The second-order valence-corrected chi connectivity index (χ2v) is 3.43. The van der Waals surface area contributed by atoms with Crippen molar-refractivity contribution in [3.05, 3.63) is 39.9 Å². The number of nitrogens with one attached hydrogen (secondary N) is 1. The number of non-ortho nitro benzene ring substituents is 1. The fraction of sp³-hybridized carbons (Fsp3) is 0.455. The van der Waals surface area contributed by atoms with E-state index in [0.717, 1.165) is 31.5 Å². The Morgan fingerprint density at radius 3 is 2.87 bits per heavy atom. The normalized spacial score (nSPS) is 10.2. The molecule has 1 N–H and O–H groups in total. The van der Waals surface area contributed by atoms with Crippen LogP contribution in [-0.2, 0) is 6.42 Å². The second-order valence-electron chi connectivity index (χ2n) is 3.43. The van der Waals surface area contributed by atoms with Crippen LogP contribution in [-0.4, -0.2) is 18.0 Å². The molecule has 0 bridgehead atoms. The summed E-state index contributed by atoms with van der Waals surface area (Å²) in [6.45, 7) is 3.98. The van der Waals surface area contributed by atoms with Crippen molar-refractivity contribution in [1.29, 1.82) is 0 Å². The number of nitro benzene ring substituents is 1. The summed E-state index contributed by atoms with van der Waals surface area (Å²) in [5, 5.41) is 13.8. The molecule has 0 saturated heterocycles. The van der Waals surface area contributed by atoms with E-state index < -0.39 is 0 Å². The van der Waals surface area contributed by atoms with Crippen molar-refractivity contribution < 1.29 is 4.92 Å². The number of hydrogen-bond acceptors (Lipinski definition) is 3. The average molecular weight is 208 g/mol. The van der Waals surface area contributed by atoms with E-state index in [9.17, 15) is 10.1 Å². The van der Waals surface area contributed by atoms with Crippen molar-refractivity contribution in [2.24, 2.45) is 0 Å². The van der Waals surface area contributed by atoms with Gasteiger partial charge in [-0.1, -0.05) is 19.1 Å². The van der Waals surface area contributed by atoms with Crippen LogP contribution in [0, 0.1) is 10.1 Å². The maximum Gasteiger partial charge on any atom is 0.269 e. The summed E-state index contributed by atoms with van der Waals surface area (Å²) in [7, 11) is 0. The molecule has 0 unspecified atom stereocenters. The van der Waals surface area contributed by atoms with E-state index in [1.165, 1.54) is 6.07 Å². The minimum atomic E-state index is -0.358. The highest BCUT2D eigenvalue weighted by atomic mass is 16.6. The van der Waals surface area contributed by atoms with Gasteiger partial charge < -0.3 is 5.32 Å². The van der Waals surface area contributed by atoms with E-state index in [-0.39, 0.29) is 10.6 Å². The van der Waals surface area contributed by atoms with E-state index in [2.05, 4.69) is 12.2 Å². The number of benzene rings is 1. The SMILES string of the molecule is CCCNCCc1cccc([N+](=O)[O-])c1. The number of nitro groups is 1. The van der Waals surface area contributed by atoms with Gasteiger partial charge in [0.2, 0.25) is 0 Å². The largest absolute Gasteiger partial charge is 0.316 e. The topological polar surface area (TPSA) is 55.2 Å². The molecule has 0 amide bonds. The summed E-state index contributed by atoms with van der Waals surface area (Å²) < 4.78 is 0. The number of rotatable bonds is 6. The second kappa shape index (κ2) is 6.14. The molecule has 0 aliphatic carbocycles. The van der Waals surface area contributed by atoms with E-state index in [1.807, 2.05) is 6.07 Å². The highest BCUT2D eigenvalue weighted by Crippen LogP contribution is 2.12. The molecule has 1 aromatic rings. The number of nitrogens with zero attached hydrogens (tertiary/aromatic N) is 1. The van der Waals surface area contributed by atoms with Gasteiger partial charge in [0.05, 0.1) is 4.92 Å². The monoisotopic (exact) mass is 208 g/mol. The maximum atomic E-state index is 10.5. The molecule has 0 saturated carbocycles. The van der Waals surface area contributed by atoms with Gasteiger partial charge in [0.25, 0.3) is 5.69 Å².